The van der Waals surface area contributed by atoms with Crippen LogP contribution in [0.15, 0.2) is 12.2 Å². The molecule has 0 aliphatic carbocycles. The summed E-state index contributed by atoms with van der Waals surface area (Å²) in [5.41, 5.74) is 0. The SMILES string of the molecule is CCCCCCCCCCCCCCCCCCCCCC(=O)OCCCC/C=C\CCCCCCCC(=O)NC(CO)C(O)CCCCCCCCCCCCCCCCCCCC. The van der Waals surface area contributed by atoms with E-state index in [2.05, 4.69) is 31.3 Å². The number of aliphatic hydroxyl groups excluding tert-OH is 2. The molecule has 2 unspecified atom stereocenters. The zero-order chi connectivity index (χ0) is 47.2. The van der Waals surface area contributed by atoms with E-state index in [1.54, 1.807) is 0 Å². The van der Waals surface area contributed by atoms with Gasteiger partial charge in [-0.3, -0.25) is 9.59 Å². The molecular formula is C59H115NO5. The van der Waals surface area contributed by atoms with Gasteiger partial charge in [-0.15, -0.1) is 0 Å². The van der Waals surface area contributed by atoms with E-state index >= 15 is 0 Å². The first-order valence-electron chi connectivity index (χ1n) is 29.4. The number of aliphatic hydroxyl groups is 2. The third kappa shape index (κ3) is 51.8. The summed E-state index contributed by atoms with van der Waals surface area (Å²) in [7, 11) is 0. The minimum absolute atomic E-state index is 0.0255. The van der Waals surface area contributed by atoms with Gasteiger partial charge in [0.15, 0.2) is 0 Å². The molecular weight excluding hydrogens is 803 g/mol. The van der Waals surface area contributed by atoms with Gasteiger partial charge in [0.25, 0.3) is 0 Å². The van der Waals surface area contributed by atoms with Crippen LogP contribution in [0.25, 0.3) is 0 Å². The highest BCUT2D eigenvalue weighted by molar-refractivity contribution is 5.76. The van der Waals surface area contributed by atoms with Gasteiger partial charge in [0, 0.05) is 12.8 Å². The summed E-state index contributed by atoms with van der Waals surface area (Å²) in [6.45, 7) is 4.91. The minimum atomic E-state index is -0.682. The van der Waals surface area contributed by atoms with E-state index < -0.39 is 12.1 Å². The molecule has 3 N–H and O–H groups in total. The predicted molar refractivity (Wildman–Crippen MR) is 283 cm³/mol. The van der Waals surface area contributed by atoms with Crippen LogP contribution in [0.4, 0.5) is 0 Å². The Hall–Kier alpha value is -1.40. The fourth-order valence-electron chi connectivity index (χ4n) is 9.28. The summed E-state index contributed by atoms with van der Waals surface area (Å²) in [5.74, 6) is -0.0861. The van der Waals surface area contributed by atoms with Crippen molar-refractivity contribution in [2.45, 2.75) is 341 Å². The van der Waals surface area contributed by atoms with Gasteiger partial charge < -0.3 is 20.3 Å². The highest BCUT2D eigenvalue weighted by Crippen LogP contribution is 2.18. The molecule has 0 aromatic rings. The number of esters is 1. The smallest absolute Gasteiger partial charge is 0.305 e. The highest BCUT2D eigenvalue weighted by Gasteiger charge is 2.20. The monoisotopic (exact) mass is 918 g/mol. The fraction of sp³-hybridized carbons (Fsp3) is 0.932. The molecule has 386 valence electrons. The van der Waals surface area contributed by atoms with Crippen LogP contribution in [0, 0.1) is 0 Å². The van der Waals surface area contributed by atoms with Crippen molar-refractivity contribution < 1.29 is 24.5 Å². The number of allylic oxidation sites excluding steroid dienone is 2. The lowest BCUT2D eigenvalue weighted by Crippen LogP contribution is -2.45. The zero-order valence-corrected chi connectivity index (χ0v) is 44.0. The summed E-state index contributed by atoms with van der Waals surface area (Å²) in [6, 6.07) is -0.562. The number of hydrogen-bond acceptors (Lipinski definition) is 5. The summed E-state index contributed by atoms with van der Waals surface area (Å²) in [6.07, 6.45) is 64.9. The Morgan fingerprint density at radius 1 is 0.415 bits per heavy atom. The van der Waals surface area contributed by atoms with Crippen molar-refractivity contribution >= 4 is 11.9 Å². The second-order valence-electron chi connectivity index (χ2n) is 20.3. The van der Waals surface area contributed by atoms with E-state index in [-0.39, 0.29) is 18.5 Å². The Bertz CT molecular complexity index is 970. The van der Waals surface area contributed by atoms with Crippen LogP contribution in [0.5, 0.6) is 0 Å². The summed E-state index contributed by atoms with van der Waals surface area (Å²) in [4.78, 5) is 24.6. The second-order valence-corrected chi connectivity index (χ2v) is 20.3. The second kappa shape index (κ2) is 55.2. The Morgan fingerprint density at radius 2 is 0.723 bits per heavy atom. The van der Waals surface area contributed by atoms with E-state index in [1.165, 1.54) is 218 Å². The number of carbonyl (C=O) groups excluding carboxylic acids is 2. The van der Waals surface area contributed by atoms with Gasteiger partial charge in [0.1, 0.15) is 0 Å². The van der Waals surface area contributed by atoms with Crippen LogP contribution in [0.1, 0.15) is 328 Å². The molecule has 65 heavy (non-hydrogen) atoms. The van der Waals surface area contributed by atoms with Crippen molar-refractivity contribution in [1.82, 2.24) is 5.32 Å². The molecule has 0 saturated carbocycles. The standard InChI is InChI=1S/C59H115NO5/c1-3-5-7-9-11-13-15-17-19-21-23-25-27-29-33-37-41-45-49-53-59(64)65-54-50-46-42-38-34-30-32-36-40-44-48-52-58(63)60-56(55-61)57(62)51-47-43-39-35-31-28-26-24-22-20-18-16-14-12-10-8-6-4-2/h34,38,56-57,61-62H,3-33,35-37,39-55H2,1-2H3,(H,60,63)/b38-34-. The van der Waals surface area contributed by atoms with Gasteiger partial charge in [-0.25, -0.2) is 0 Å². The Labute approximate surface area is 406 Å². The molecule has 0 rings (SSSR count). The molecule has 0 radical (unpaired) electrons. The predicted octanol–water partition coefficient (Wildman–Crippen LogP) is 18.1. The van der Waals surface area contributed by atoms with Gasteiger partial charge in [-0.1, -0.05) is 276 Å². The molecule has 0 aliphatic rings. The van der Waals surface area contributed by atoms with Crippen molar-refractivity contribution in [3.8, 4) is 0 Å². The quantitative estimate of drug-likeness (QED) is 0.0321. The third-order valence-corrected chi connectivity index (χ3v) is 13.8. The molecule has 0 heterocycles. The molecule has 0 aliphatic heterocycles. The van der Waals surface area contributed by atoms with Crippen LogP contribution in [0.3, 0.4) is 0 Å². The van der Waals surface area contributed by atoms with E-state index in [9.17, 15) is 19.8 Å². The highest BCUT2D eigenvalue weighted by atomic mass is 16.5. The molecule has 0 aromatic heterocycles. The first-order chi connectivity index (χ1) is 32.0. The molecule has 6 nitrogen and oxygen atoms in total. The number of ether oxygens (including phenoxy) is 1. The summed E-state index contributed by atoms with van der Waals surface area (Å²) in [5, 5.41) is 23.3. The molecule has 0 spiro atoms. The number of amides is 1. The lowest BCUT2D eigenvalue weighted by atomic mass is 10.0. The maximum absolute atomic E-state index is 12.5. The largest absolute Gasteiger partial charge is 0.466 e. The summed E-state index contributed by atoms with van der Waals surface area (Å²) < 4.78 is 5.46. The van der Waals surface area contributed by atoms with Crippen molar-refractivity contribution in [3.05, 3.63) is 12.2 Å². The van der Waals surface area contributed by atoms with Crippen molar-refractivity contribution in [2.75, 3.05) is 13.2 Å². The normalized spacial score (nSPS) is 12.6. The van der Waals surface area contributed by atoms with Crippen LogP contribution in [-0.2, 0) is 14.3 Å². The molecule has 1 amide bonds. The van der Waals surface area contributed by atoms with Gasteiger partial charge in [0.2, 0.25) is 5.91 Å². The first kappa shape index (κ1) is 63.6. The zero-order valence-electron chi connectivity index (χ0n) is 44.0. The molecule has 2 atom stereocenters. The third-order valence-electron chi connectivity index (χ3n) is 13.8. The van der Waals surface area contributed by atoms with E-state index in [4.69, 9.17) is 4.74 Å². The Balaban J connectivity index is 3.47. The fourth-order valence-corrected chi connectivity index (χ4v) is 9.28. The number of rotatable bonds is 55. The maximum atomic E-state index is 12.5. The topological polar surface area (TPSA) is 95.9 Å². The minimum Gasteiger partial charge on any atom is -0.466 e. The first-order valence-corrected chi connectivity index (χ1v) is 29.4. The van der Waals surface area contributed by atoms with E-state index in [0.717, 1.165) is 77.0 Å². The molecule has 0 bridgehead atoms. The van der Waals surface area contributed by atoms with Crippen molar-refractivity contribution in [2.24, 2.45) is 0 Å². The van der Waals surface area contributed by atoms with Gasteiger partial charge in [-0.05, 0) is 51.4 Å². The number of hydrogen-bond donors (Lipinski definition) is 3. The number of nitrogens with one attached hydrogen (secondary N) is 1. The van der Waals surface area contributed by atoms with Gasteiger partial charge in [-0.2, -0.15) is 0 Å². The molecule has 0 saturated heterocycles. The van der Waals surface area contributed by atoms with Crippen molar-refractivity contribution in [1.29, 1.82) is 0 Å². The Kier molecular flexibility index (Phi) is 54.0. The summed E-state index contributed by atoms with van der Waals surface area (Å²) >= 11 is 0. The lowest BCUT2D eigenvalue weighted by Gasteiger charge is -2.22. The Morgan fingerprint density at radius 3 is 1.09 bits per heavy atom. The van der Waals surface area contributed by atoms with Crippen LogP contribution < -0.4 is 5.32 Å². The van der Waals surface area contributed by atoms with E-state index in [0.29, 0.717) is 25.9 Å². The number of carbonyl (C=O) groups is 2. The van der Waals surface area contributed by atoms with Crippen LogP contribution >= 0.6 is 0 Å². The molecule has 0 fully saturated rings. The van der Waals surface area contributed by atoms with Crippen LogP contribution in [0.2, 0.25) is 0 Å². The van der Waals surface area contributed by atoms with Gasteiger partial charge in [0.05, 0.1) is 25.4 Å². The van der Waals surface area contributed by atoms with E-state index in [1.807, 2.05) is 0 Å². The van der Waals surface area contributed by atoms with Gasteiger partial charge >= 0.3 is 5.97 Å². The molecule has 0 aromatic carbocycles. The maximum Gasteiger partial charge on any atom is 0.305 e. The lowest BCUT2D eigenvalue weighted by molar-refractivity contribution is -0.143. The average molecular weight is 919 g/mol. The van der Waals surface area contributed by atoms with Crippen LogP contribution in [-0.4, -0.2) is 47.4 Å². The average Bonchev–Trinajstić information content (AvgIpc) is 3.31. The molecule has 6 heteroatoms. The van der Waals surface area contributed by atoms with Crippen molar-refractivity contribution in [3.63, 3.8) is 0 Å². The number of unbranched alkanes of at least 4 members (excludes halogenated alkanes) is 42.